The van der Waals surface area contributed by atoms with Gasteiger partial charge in [-0.25, -0.2) is 0 Å². The third kappa shape index (κ3) is 3.60. The Kier molecular flexibility index (Phi) is 5.17. The molecule has 2 atom stereocenters. The highest BCUT2D eigenvalue weighted by molar-refractivity contribution is 7.85. The van der Waals surface area contributed by atoms with Crippen molar-refractivity contribution in [2.75, 3.05) is 25.4 Å². The second-order valence-corrected chi connectivity index (χ2v) is 6.91. The zero-order chi connectivity index (χ0) is 14.5. The molecule has 1 aromatic rings. The summed E-state index contributed by atoms with van der Waals surface area (Å²) in [6.45, 7) is 5.72. The molecule has 0 spiro atoms. The summed E-state index contributed by atoms with van der Waals surface area (Å²) in [5.41, 5.74) is 0.635. The normalized spacial score (nSPS) is 23.2. The van der Waals surface area contributed by atoms with Gasteiger partial charge in [0.1, 0.15) is 5.75 Å². The van der Waals surface area contributed by atoms with Crippen molar-refractivity contribution >= 4 is 16.7 Å². The fourth-order valence-corrected chi connectivity index (χ4v) is 3.42. The summed E-state index contributed by atoms with van der Waals surface area (Å²) < 4.78 is 17.2. The van der Waals surface area contributed by atoms with Gasteiger partial charge in [-0.3, -0.25) is 9.00 Å². The van der Waals surface area contributed by atoms with E-state index < -0.39 is 10.8 Å². The van der Waals surface area contributed by atoms with Gasteiger partial charge in [0.15, 0.2) is 0 Å². The van der Waals surface area contributed by atoms with Crippen LogP contribution in [0.5, 0.6) is 5.75 Å². The Bertz CT molecular complexity index is 504. The van der Waals surface area contributed by atoms with E-state index in [2.05, 4.69) is 0 Å². The van der Waals surface area contributed by atoms with Crippen molar-refractivity contribution in [3.05, 3.63) is 29.8 Å². The number of carbonyl (C=O) groups is 1. The van der Waals surface area contributed by atoms with E-state index in [9.17, 15) is 9.00 Å². The highest BCUT2D eigenvalue weighted by Crippen LogP contribution is 2.17. The first-order chi connectivity index (χ1) is 9.61. The van der Waals surface area contributed by atoms with Crippen molar-refractivity contribution in [2.24, 2.45) is 0 Å². The van der Waals surface area contributed by atoms with Crippen molar-refractivity contribution in [3.63, 3.8) is 0 Å². The molecule has 4 nitrogen and oxygen atoms in total. The van der Waals surface area contributed by atoms with Gasteiger partial charge < -0.3 is 9.64 Å². The number of hydrogen-bond acceptors (Lipinski definition) is 3. The van der Waals surface area contributed by atoms with Gasteiger partial charge in [0.05, 0.1) is 6.61 Å². The molecule has 0 radical (unpaired) electrons. The molecular weight excluding hydrogens is 274 g/mol. The van der Waals surface area contributed by atoms with Crippen LogP contribution >= 0.6 is 0 Å². The smallest absolute Gasteiger partial charge is 0.254 e. The number of carbonyl (C=O) groups excluding carboxylic acids is 1. The molecule has 1 amide bonds. The minimum atomic E-state index is -0.822. The third-order valence-corrected chi connectivity index (χ3v) is 5.21. The molecule has 110 valence electrons. The summed E-state index contributed by atoms with van der Waals surface area (Å²) >= 11 is 0. The topological polar surface area (TPSA) is 46.6 Å². The number of ether oxygens (including phenoxy) is 1. The molecule has 0 aliphatic carbocycles. The van der Waals surface area contributed by atoms with Crippen LogP contribution in [0.2, 0.25) is 0 Å². The molecule has 0 N–H and O–H groups in total. The van der Waals surface area contributed by atoms with Crippen LogP contribution in [0.3, 0.4) is 0 Å². The summed E-state index contributed by atoms with van der Waals surface area (Å²) in [5.74, 6) is 1.28. The fraction of sp³-hybridized carbons (Fsp3) is 0.533. The summed E-state index contributed by atoms with van der Waals surface area (Å²) in [5, 5.41) is 0.169. The number of rotatable bonds is 3. The highest BCUT2D eigenvalue weighted by atomic mass is 32.2. The largest absolute Gasteiger partial charge is 0.494 e. The van der Waals surface area contributed by atoms with E-state index in [4.69, 9.17) is 4.74 Å². The quantitative estimate of drug-likeness (QED) is 0.857. The third-order valence-electron chi connectivity index (χ3n) is 3.50. The molecule has 1 heterocycles. The summed E-state index contributed by atoms with van der Waals surface area (Å²) in [6, 6.07) is 7.25. The Morgan fingerprint density at radius 1 is 1.45 bits per heavy atom. The van der Waals surface area contributed by atoms with Crippen molar-refractivity contribution in [1.29, 1.82) is 0 Å². The maximum absolute atomic E-state index is 12.5. The van der Waals surface area contributed by atoms with Crippen LogP contribution < -0.4 is 4.74 Å². The predicted octanol–water partition coefficient (Wildman–Crippen LogP) is 2.07. The van der Waals surface area contributed by atoms with Gasteiger partial charge in [0.2, 0.25) is 0 Å². The van der Waals surface area contributed by atoms with E-state index in [1.807, 2.05) is 26.0 Å². The van der Waals surface area contributed by atoms with Crippen molar-refractivity contribution < 1.29 is 13.7 Å². The van der Waals surface area contributed by atoms with Gasteiger partial charge in [-0.05, 0) is 31.5 Å². The van der Waals surface area contributed by atoms with Crippen LogP contribution in [0.15, 0.2) is 24.3 Å². The van der Waals surface area contributed by atoms with Crippen LogP contribution in [0, 0.1) is 0 Å². The van der Waals surface area contributed by atoms with E-state index in [-0.39, 0.29) is 11.2 Å². The summed E-state index contributed by atoms with van der Waals surface area (Å²) in [6.07, 6.45) is 0.795. The minimum absolute atomic E-state index is 0.00217. The van der Waals surface area contributed by atoms with Crippen molar-refractivity contribution in [1.82, 2.24) is 4.90 Å². The Labute approximate surface area is 122 Å². The predicted molar refractivity (Wildman–Crippen MR) is 80.6 cm³/mol. The molecule has 1 aromatic carbocycles. The lowest BCUT2D eigenvalue weighted by Gasteiger charge is -2.20. The Morgan fingerprint density at radius 3 is 3.00 bits per heavy atom. The number of hydrogen-bond donors (Lipinski definition) is 0. The second-order valence-electron chi connectivity index (χ2n) is 4.94. The molecule has 0 aromatic heterocycles. The van der Waals surface area contributed by atoms with Crippen LogP contribution in [0.25, 0.3) is 0 Å². The zero-order valence-corrected chi connectivity index (χ0v) is 12.8. The number of benzene rings is 1. The van der Waals surface area contributed by atoms with Crippen LogP contribution in [-0.2, 0) is 10.8 Å². The Balaban J connectivity index is 2.10. The van der Waals surface area contributed by atoms with Gasteiger partial charge >= 0.3 is 0 Å². The lowest BCUT2D eigenvalue weighted by Crippen LogP contribution is -2.33. The lowest BCUT2D eigenvalue weighted by atomic mass is 10.1. The second kappa shape index (κ2) is 6.88. The molecule has 5 heteroatoms. The number of amides is 1. The molecule has 0 bridgehead atoms. The van der Waals surface area contributed by atoms with E-state index in [0.717, 1.165) is 6.42 Å². The molecule has 1 aliphatic rings. The SMILES string of the molecule is CCOc1cccc(C(=O)N2CC[C@@H](C)[S@](=O)CC2)c1. The standard InChI is InChI=1S/C15H21NO3S/c1-3-19-14-6-4-5-13(11-14)15(17)16-8-7-12(2)20(18)10-9-16/h4-6,11-12H,3,7-10H2,1-2H3/t12-,20-/m1/s1. The van der Waals surface area contributed by atoms with Crippen LogP contribution in [0.4, 0.5) is 0 Å². The highest BCUT2D eigenvalue weighted by Gasteiger charge is 2.23. The van der Waals surface area contributed by atoms with Crippen LogP contribution in [0.1, 0.15) is 30.6 Å². The molecule has 2 rings (SSSR count). The van der Waals surface area contributed by atoms with Crippen LogP contribution in [-0.4, -0.2) is 45.7 Å². The summed E-state index contributed by atoms with van der Waals surface area (Å²) in [4.78, 5) is 14.3. The average Bonchev–Trinajstić information content (AvgIpc) is 2.62. The van der Waals surface area contributed by atoms with E-state index in [1.165, 1.54) is 0 Å². The minimum Gasteiger partial charge on any atom is -0.494 e. The first-order valence-corrected chi connectivity index (χ1v) is 8.39. The summed E-state index contributed by atoms with van der Waals surface area (Å²) in [7, 11) is -0.822. The molecule has 0 unspecified atom stereocenters. The lowest BCUT2D eigenvalue weighted by molar-refractivity contribution is 0.0766. The fourth-order valence-electron chi connectivity index (χ4n) is 2.25. The van der Waals surface area contributed by atoms with Crippen molar-refractivity contribution in [3.8, 4) is 5.75 Å². The molecule has 1 saturated heterocycles. The Hall–Kier alpha value is -1.36. The monoisotopic (exact) mass is 295 g/mol. The average molecular weight is 295 g/mol. The zero-order valence-electron chi connectivity index (χ0n) is 12.0. The Morgan fingerprint density at radius 2 is 2.25 bits per heavy atom. The van der Waals surface area contributed by atoms with Gasteiger partial charge in [0.25, 0.3) is 5.91 Å². The molecule has 1 fully saturated rings. The number of nitrogens with zero attached hydrogens (tertiary/aromatic N) is 1. The van der Waals surface area contributed by atoms with E-state index in [1.54, 1.807) is 17.0 Å². The van der Waals surface area contributed by atoms with E-state index in [0.29, 0.717) is 36.8 Å². The molecular formula is C15H21NO3S. The first-order valence-electron chi connectivity index (χ1n) is 7.01. The maximum Gasteiger partial charge on any atom is 0.254 e. The van der Waals surface area contributed by atoms with E-state index >= 15 is 0 Å². The first kappa shape index (κ1) is 15.0. The maximum atomic E-state index is 12.5. The van der Waals surface area contributed by atoms with Gasteiger partial charge in [-0.1, -0.05) is 13.0 Å². The molecule has 20 heavy (non-hydrogen) atoms. The molecule has 0 saturated carbocycles. The van der Waals surface area contributed by atoms with Gasteiger partial charge in [-0.15, -0.1) is 0 Å². The van der Waals surface area contributed by atoms with Gasteiger partial charge in [0, 0.05) is 40.5 Å². The van der Waals surface area contributed by atoms with Gasteiger partial charge in [-0.2, -0.15) is 0 Å². The molecule has 1 aliphatic heterocycles. The van der Waals surface area contributed by atoms with Crippen molar-refractivity contribution in [2.45, 2.75) is 25.5 Å².